The Morgan fingerprint density at radius 3 is 2.74 bits per heavy atom. The van der Waals surface area contributed by atoms with E-state index in [1.807, 2.05) is 6.92 Å². The third-order valence-corrected chi connectivity index (χ3v) is 2.87. The third kappa shape index (κ3) is 2.70. The van der Waals surface area contributed by atoms with Gasteiger partial charge < -0.3 is 4.98 Å². The van der Waals surface area contributed by atoms with E-state index < -0.39 is 11.6 Å². The topological polar surface area (TPSA) is 45.8 Å². The molecule has 2 aromatic rings. The molecule has 0 aliphatic rings. The number of hydrogen-bond donors (Lipinski definition) is 1. The zero-order chi connectivity index (χ0) is 14.0. The Kier molecular flexibility index (Phi) is 3.74. The highest BCUT2D eigenvalue weighted by Gasteiger charge is 2.14. The number of halogens is 2. The van der Waals surface area contributed by atoms with Crippen LogP contribution in [0.4, 0.5) is 8.78 Å². The molecule has 5 heteroatoms. The highest BCUT2D eigenvalue weighted by Crippen LogP contribution is 2.23. The zero-order valence-electron chi connectivity index (χ0n) is 10.8. The number of nitrogens with one attached hydrogen (secondary N) is 1. The van der Waals surface area contributed by atoms with E-state index in [4.69, 9.17) is 0 Å². The van der Waals surface area contributed by atoms with Gasteiger partial charge in [0.1, 0.15) is 17.5 Å². The van der Waals surface area contributed by atoms with E-state index in [1.165, 1.54) is 0 Å². The maximum absolute atomic E-state index is 13.8. The summed E-state index contributed by atoms with van der Waals surface area (Å²) < 4.78 is 27.0. The van der Waals surface area contributed by atoms with Crippen molar-refractivity contribution in [1.29, 1.82) is 0 Å². The Labute approximate surface area is 109 Å². The predicted molar refractivity (Wildman–Crippen MR) is 68.9 cm³/mol. The Hall–Kier alpha value is -2.04. The van der Waals surface area contributed by atoms with Gasteiger partial charge in [0.2, 0.25) is 0 Å². The van der Waals surface area contributed by atoms with Crippen LogP contribution >= 0.6 is 0 Å². The van der Waals surface area contributed by atoms with Crippen LogP contribution in [0.25, 0.3) is 11.3 Å². The molecule has 0 spiro atoms. The monoisotopic (exact) mass is 264 g/mol. The fourth-order valence-corrected chi connectivity index (χ4v) is 1.88. The van der Waals surface area contributed by atoms with Crippen molar-refractivity contribution < 1.29 is 8.78 Å². The molecular weight excluding hydrogens is 250 g/mol. The van der Waals surface area contributed by atoms with Gasteiger partial charge in [-0.2, -0.15) is 0 Å². The molecule has 100 valence electrons. The molecule has 0 saturated carbocycles. The Bertz CT molecular complexity index is 665. The van der Waals surface area contributed by atoms with E-state index in [2.05, 4.69) is 9.97 Å². The van der Waals surface area contributed by atoms with E-state index in [0.717, 1.165) is 24.6 Å². The minimum Gasteiger partial charge on any atom is -0.310 e. The Morgan fingerprint density at radius 2 is 2.05 bits per heavy atom. The second-order valence-electron chi connectivity index (χ2n) is 4.36. The minimum atomic E-state index is -0.593. The molecule has 0 aliphatic carbocycles. The van der Waals surface area contributed by atoms with Crippen molar-refractivity contribution in [2.45, 2.75) is 26.7 Å². The maximum atomic E-state index is 13.8. The van der Waals surface area contributed by atoms with Crippen LogP contribution in [0.3, 0.4) is 0 Å². The molecule has 1 aromatic carbocycles. The largest absolute Gasteiger partial charge is 0.310 e. The molecule has 0 radical (unpaired) electrons. The van der Waals surface area contributed by atoms with Crippen LogP contribution in [0.15, 0.2) is 23.0 Å². The van der Waals surface area contributed by atoms with Crippen LogP contribution in [0.5, 0.6) is 0 Å². The standard InChI is InChI=1S/C14H14F2N2O/c1-3-4-12-17-13(8(2)14(19)18-12)10-7-9(15)5-6-11(10)16/h5-7H,3-4H2,1-2H3,(H,17,18,19). The molecule has 0 aliphatic heterocycles. The van der Waals surface area contributed by atoms with Crippen LogP contribution < -0.4 is 5.56 Å². The number of aromatic nitrogens is 2. The normalized spacial score (nSPS) is 10.7. The van der Waals surface area contributed by atoms with Crippen molar-refractivity contribution >= 4 is 0 Å². The summed E-state index contributed by atoms with van der Waals surface area (Å²) in [5, 5.41) is 0. The van der Waals surface area contributed by atoms with Gasteiger partial charge in [-0.3, -0.25) is 4.79 Å². The van der Waals surface area contributed by atoms with E-state index in [0.29, 0.717) is 12.2 Å². The second kappa shape index (κ2) is 5.30. The van der Waals surface area contributed by atoms with Crippen molar-refractivity contribution in [3.05, 3.63) is 51.6 Å². The molecule has 1 aromatic heterocycles. The first kappa shape index (κ1) is 13.4. The molecule has 0 atom stereocenters. The first-order valence-electron chi connectivity index (χ1n) is 6.08. The van der Waals surface area contributed by atoms with Gasteiger partial charge in [-0.15, -0.1) is 0 Å². The number of rotatable bonds is 3. The van der Waals surface area contributed by atoms with Crippen molar-refractivity contribution in [3.63, 3.8) is 0 Å². The van der Waals surface area contributed by atoms with E-state index in [1.54, 1.807) is 6.92 Å². The van der Waals surface area contributed by atoms with E-state index in [9.17, 15) is 13.6 Å². The predicted octanol–water partition coefficient (Wildman–Crippen LogP) is 2.98. The second-order valence-corrected chi connectivity index (χ2v) is 4.36. The smallest absolute Gasteiger partial charge is 0.254 e. The van der Waals surface area contributed by atoms with Gasteiger partial charge >= 0.3 is 0 Å². The molecule has 0 saturated heterocycles. The number of hydrogen-bond acceptors (Lipinski definition) is 2. The van der Waals surface area contributed by atoms with Gasteiger partial charge in [-0.25, -0.2) is 13.8 Å². The molecule has 1 N–H and O–H groups in total. The van der Waals surface area contributed by atoms with Crippen molar-refractivity contribution in [1.82, 2.24) is 9.97 Å². The number of benzene rings is 1. The van der Waals surface area contributed by atoms with Crippen molar-refractivity contribution in [2.75, 3.05) is 0 Å². The summed E-state index contributed by atoms with van der Waals surface area (Å²) >= 11 is 0. The van der Waals surface area contributed by atoms with E-state index >= 15 is 0 Å². The van der Waals surface area contributed by atoms with Gasteiger partial charge in [0.15, 0.2) is 0 Å². The van der Waals surface area contributed by atoms with Gasteiger partial charge in [0.25, 0.3) is 5.56 Å². The lowest BCUT2D eigenvalue weighted by Gasteiger charge is -2.08. The molecule has 19 heavy (non-hydrogen) atoms. The summed E-state index contributed by atoms with van der Waals surface area (Å²) in [6.07, 6.45) is 1.39. The average molecular weight is 264 g/mol. The molecule has 0 amide bonds. The number of aryl methyl sites for hydroxylation is 1. The first-order chi connectivity index (χ1) is 9.02. The fraction of sp³-hybridized carbons (Fsp3) is 0.286. The summed E-state index contributed by atoms with van der Waals surface area (Å²) in [5.41, 5.74) is 0.173. The van der Waals surface area contributed by atoms with E-state index in [-0.39, 0.29) is 22.4 Å². The number of nitrogens with zero attached hydrogens (tertiary/aromatic N) is 1. The third-order valence-electron chi connectivity index (χ3n) is 2.87. The molecule has 1 heterocycles. The van der Waals surface area contributed by atoms with Crippen LogP contribution in [0, 0.1) is 18.6 Å². The van der Waals surface area contributed by atoms with Crippen LogP contribution in [-0.4, -0.2) is 9.97 Å². The Morgan fingerprint density at radius 1 is 1.32 bits per heavy atom. The molecule has 0 unspecified atom stereocenters. The highest BCUT2D eigenvalue weighted by molar-refractivity contribution is 5.63. The number of H-pyrrole nitrogens is 1. The van der Waals surface area contributed by atoms with Gasteiger partial charge in [0.05, 0.1) is 5.69 Å². The highest BCUT2D eigenvalue weighted by atomic mass is 19.1. The molecule has 0 bridgehead atoms. The zero-order valence-corrected chi connectivity index (χ0v) is 10.8. The lowest BCUT2D eigenvalue weighted by Crippen LogP contribution is -2.16. The molecule has 3 nitrogen and oxygen atoms in total. The first-order valence-corrected chi connectivity index (χ1v) is 6.08. The number of aromatic amines is 1. The lowest BCUT2D eigenvalue weighted by molar-refractivity contribution is 0.602. The quantitative estimate of drug-likeness (QED) is 0.926. The fourth-order valence-electron chi connectivity index (χ4n) is 1.88. The summed E-state index contributed by atoms with van der Waals surface area (Å²) in [7, 11) is 0. The summed E-state index contributed by atoms with van der Waals surface area (Å²) in [6, 6.07) is 3.13. The SMILES string of the molecule is CCCc1nc(-c2cc(F)ccc2F)c(C)c(=O)[nH]1. The summed E-state index contributed by atoms with van der Waals surface area (Å²) in [6.45, 7) is 3.49. The maximum Gasteiger partial charge on any atom is 0.254 e. The van der Waals surface area contributed by atoms with Crippen molar-refractivity contribution in [3.8, 4) is 11.3 Å². The minimum absolute atomic E-state index is 0.0148. The van der Waals surface area contributed by atoms with Gasteiger partial charge in [-0.05, 0) is 31.5 Å². The van der Waals surface area contributed by atoms with Crippen LogP contribution in [0.2, 0.25) is 0 Å². The molecule has 0 fully saturated rings. The molecular formula is C14H14F2N2O. The lowest BCUT2D eigenvalue weighted by atomic mass is 10.1. The van der Waals surface area contributed by atoms with Crippen LogP contribution in [-0.2, 0) is 6.42 Å². The van der Waals surface area contributed by atoms with Gasteiger partial charge in [0, 0.05) is 17.5 Å². The van der Waals surface area contributed by atoms with Crippen LogP contribution in [0.1, 0.15) is 24.7 Å². The summed E-state index contributed by atoms with van der Waals surface area (Å²) in [4.78, 5) is 18.7. The van der Waals surface area contributed by atoms with Crippen molar-refractivity contribution in [2.24, 2.45) is 0 Å². The average Bonchev–Trinajstić information content (AvgIpc) is 2.37. The summed E-state index contributed by atoms with van der Waals surface area (Å²) in [5.74, 6) is -0.670. The van der Waals surface area contributed by atoms with Gasteiger partial charge in [-0.1, -0.05) is 6.92 Å². The Balaban J connectivity index is 2.67. The molecule has 2 rings (SSSR count).